The van der Waals surface area contributed by atoms with Crippen molar-refractivity contribution in [1.82, 2.24) is 0 Å². The van der Waals surface area contributed by atoms with Crippen LogP contribution in [0.3, 0.4) is 0 Å². The van der Waals surface area contributed by atoms with Crippen LogP contribution in [0, 0.1) is 0 Å². The molecule has 0 aliphatic rings. The topological polar surface area (TPSA) is 78.9 Å². The summed E-state index contributed by atoms with van der Waals surface area (Å²) < 4.78 is 16.9. The van der Waals surface area contributed by atoms with Crippen molar-refractivity contribution in [3.8, 4) is 0 Å². The zero-order valence-electron chi connectivity index (χ0n) is 46.8. The first kappa shape index (κ1) is 67.4. The molecule has 0 N–H and O–H groups in total. The Morgan fingerprint density at radius 2 is 0.557 bits per heavy atom. The number of unbranched alkanes of at least 4 members (excludes halogenated alkanes) is 37. The van der Waals surface area contributed by atoms with Gasteiger partial charge in [-0.1, -0.05) is 294 Å². The summed E-state index contributed by atoms with van der Waals surface area (Å²) in [7, 11) is 0. The van der Waals surface area contributed by atoms with E-state index in [2.05, 4.69) is 69.4 Å². The lowest BCUT2D eigenvalue weighted by molar-refractivity contribution is -0.167. The Bertz CT molecular complexity index is 1220. The molecule has 1 unspecified atom stereocenters. The van der Waals surface area contributed by atoms with Crippen molar-refractivity contribution in [3.63, 3.8) is 0 Å². The Hall–Kier alpha value is -2.63. The van der Waals surface area contributed by atoms with E-state index in [-0.39, 0.29) is 31.1 Å². The molecule has 0 spiro atoms. The smallest absolute Gasteiger partial charge is 0.306 e. The van der Waals surface area contributed by atoms with Crippen molar-refractivity contribution in [2.45, 2.75) is 329 Å². The first-order chi connectivity index (χ1) is 34.5. The molecule has 0 saturated carbocycles. The van der Waals surface area contributed by atoms with Gasteiger partial charge in [0, 0.05) is 19.3 Å². The van der Waals surface area contributed by atoms with E-state index in [0.717, 1.165) is 83.5 Å². The number of carbonyl (C=O) groups excluding carboxylic acids is 3. The fourth-order valence-electron chi connectivity index (χ4n) is 9.02. The van der Waals surface area contributed by atoms with Gasteiger partial charge in [0.1, 0.15) is 13.2 Å². The maximum Gasteiger partial charge on any atom is 0.306 e. The molecular formula is C64H116O6. The van der Waals surface area contributed by atoms with Gasteiger partial charge in [0.15, 0.2) is 6.10 Å². The Morgan fingerprint density at radius 1 is 0.300 bits per heavy atom. The summed E-state index contributed by atoms with van der Waals surface area (Å²) in [4.78, 5) is 38.2. The second-order valence-corrected chi connectivity index (χ2v) is 20.6. The minimum Gasteiger partial charge on any atom is -0.462 e. The van der Waals surface area contributed by atoms with Gasteiger partial charge in [-0.3, -0.25) is 14.4 Å². The van der Waals surface area contributed by atoms with Gasteiger partial charge in [-0.25, -0.2) is 0 Å². The summed E-state index contributed by atoms with van der Waals surface area (Å²) in [6.07, 6.45) is 72.6. The van der Waals surface area contributed by atoms with Gasteiger partial charge in [0.05, 0.1) is 0 Å². The molecule has 0 bridgehead atoms. The number of hydrogen-bond acceptors (Lipinski definition) is 6. The fraction of sp³-hybridized carbons (Fsp3) is 0.828. The summed E-state index contributed by atoms with van der Waals surface area (Å²) in [6.45, 7) is 6.56. The van der Waals surface area contributed by atoms with Gasteiger partial charge in [-0.2, -0.15) is 0 Å². The standard InChI is InChI=1S/C64H116O6/c1-4-7-10-13-16-19-22-24-26-28-30-31-32-33-35-36-38-40-42-45-48-51-54-57-63(66)69-60-61(59-68-62(65)56-53-50-47-44-21-18-15-12-9-6-3)70-64(67)58-55-52-49-46-43-41-39-37-34-29-27-25-23-20-17-14-11-8-5-2/h7,10,16,19,24,26,30-31,61H,4-6,8-9,11-15,17-18,20-23,25,27-29,32-60H2,1-3H3/b10-7-,19-16-,26-24-,31-30-. The molecule has 6 heteroatoms. The van der Waals surface area contributed by atoms with Crippen molar-refractivity contribution in [2.24, 2.45) is 0 Å². The van der Waals surface area contributed by atoms with Crippen molar-refractivity contribution in [3.05, 3.63) is 48.6 Å². The van der Waals surface area contributed by atoms with Crippen LogP contribution in [0.15, 0.2) is 48.6 Å². The van der Waals surface area contributed by atoms with Crippen LogP contribution in [0.5, 0.6) is 0 Å². The molecule has 70 heavy (non-hydrogen) atoms. The fourth-order valence-corrected chi connectivity index (χ4v) is 9.02. The van der Waals surface area contributed by atoms with Gasteiger partial charge in [0.25, 0.3) is 0 Å². The maximum atomic E-state index is 12.9. The molecule has 1 atom stereocenters. The second-order valence-electron chi connectivity index (χ2n) is 20.6. The molecule has 0 aliphatic carbocycles. The molecule has 0 heterocycles. The molecule has 0 amide bonds. The normalized spacial score (nSPS) is 12.3. The molecule has 0 radical (unpaired) electrons. The average Bonchev–Trinajstić information content (AvgIpc) is 3.36. The van der Waals surface area contributed by atoms with Crippen molar-refractivity contribution in [1.29, 1.82) is 0 Å². The molecule has 0 fully saturated rings. The molecular weight excluding hydrogens is 865 g/mol. The monoisotopic (exact) mass is 981 g/mol. The number of esters is 3. The zero-order valence-corrected chi connectivity index (χ0v) is 46.8. The van der Waals surface area contributed by atoms with Crippen LogP contribution >= 0.6 is 0 Å². The minimum absolute atomic E-state index is 0.0693. The van der Waals surface area contributed by atoms with Crippen LogP contribution in [0.4, 0.5) is 0 Å². The lowest BCUT2D eigenvalue weighted by Gasteiger charge is -2.18. The number of allylic oxidation sites excluding steroid dienone is 8. The van der Waals surface area contributed by atoms with Crippen LogP contribution in [-0.2, 0) is 28.6 Å². The van der Waals surface area contributed by atoms with E-state index in [1.54, 1.807) is 0 Å². The first-order valence-electron chi connectivity index (χ1n) is 30.6. The zero-order chi connectivity index (χ0) is 50.7. The Balaban J connectivity index is 4.23. The third-order valence-electron chi connectivity index (χ3n) is 13.6. The van der Waals surface area contributed by atoms with E-state index in [1.807, 2.05) is 0 Å². The highest BCUT2D eigenvalue weighted by Crippen LogP contribution is 2.17. The van der Waals surface area contributed by atoms with Crippen LogP contribution in [0.1, 0.15) is 323 Å². The second kappa shape index (κ2) is 58.9. The highest BCUT2D eigenvalue weighted by Gasteiger charge is 2.19. The number of carbonyl (C=O) groups is 3. The van der Waals surface area contributed by atoms with E-state index < -0.39 is 6.10 Å². The van der Waals surface area contributed by atoms with Crippen molar-refractivity contribution < 1.29 is 28.6 Å². The summed E-state index contributed by atoms with van der Waals surface area (Å²) in [5.74, 6) is -0.856. The van der Waals surface area contributed by atoms with Gasteiger partial charge in [0.2, 0.25) is 0 Å². The summed E-state index contributed by atoms with van der Waals surface area (Å²) in [5, 5.41) is 0. The van der Waals surface area contributed by atoms with E-state index in [9.17, 15) is 14.4 Å². The predicted octanol–water partition coefficient (Wildman–Crippen LogP) is 20.6. The highest BCUT2D eigenvalue weighted by atomic mass is 16.6. The maximum absolute atomic E-state index is 12.9. The molecule has 0 rings (SSSR count). The minimum atomic E-state index is -0.770. The van der Waals surface area contributed by atoms with Crippen molar-refractivity contribution >= 4 is 17.9 Å². The van der Waals surface area contributed by atoms with Crippen LogP contribution in [0.2, 0.25) is 0 Å². The van der Waals surface area contributed by atoms with Gasteiger partial charge in [-0.05, 0) is 57.8 Å². The first-order valence-corrected chi connectivity index (χ1v) is 30.6. The van der Waals surface area contributed by atoms with Crippen LogP contribution < -0.4 is 0 Å². The Labute approximate surface area is 435 Å². The van der Waals surface area contributed by atoms with Crippen LogP contribution in [0.25, 0.3) is 0 Å². The third-order valence-corrected chi connectivity index (χ3v) is 13.6. The largest absolute Gasteiger partial charge is 0.462 e. The third kappa shape index (κ3) is 56.3. The van der Waals surface area contributed by atoms with Crippen LogP contribution in [-0.4, -0.2) is 37.2 Å². The predicted molar refractivity (Wildman–Crippen MR) is 302 cm³/mol. The van der Waals surface area contributed by atoms with E-state index >= 15 is 0 Å². The highest BCUT2D eigenvalue weighted by molar-refractivity contribution is 5.71. The van der Waals surface area contributed by atoms with E-state index in [4.69, 9.17) is 14.2 Å². The van der Waals surface area contributed by atoms with Gasteiger partial charge < -0.3 is 14.2 Å². The lowest BCUT2D eigenvalue weighted by atomic mass is 10.0. The Kier molecular flexibility index (Phi) is 56.7. The molecule has 408 valence electrons. The molecule has 6 nitrogen and oxygen atoms in total. The number of ether oxygens (including phenoxy) is 3. The van der Waals surface area contributed by atoms with Gasteiger partial charge in [-0.15, -0.1) is 0 Å². The summed E-state index contributed by atoms with van der Waals surface area (Å²) >= 11 is 0. The lowest BCUT2D eigenvalue weighted by Crippen LogP contribution is -2.30. The molecule has 0 saturated heterocycles. The molecule has 0 aromatic carbocycles. The average molecular weight is 982 g/mol. The Morgan fingerprint density at radius 3 is 0.871 bits per heavy atom. The van der Waals surface area contributed by atoms with Crippen molar-refractivity contribution in [2.75, 3.05) is 13.2 Å². The quantitative estimate of drug-likeness (QED) is 0.0261. The molecule has 0 aromatic heterocycles. The van der Waals surface area contributed by atoms with E-state index in [0.29, 0.717) is 19.3 Å². The van der Waals surface area contributed by atoms with E-state index in [1.165, 1.54) is 199 Å². The summed E-state index contributed by atoms with van der Waals surface area (Å²) in [6, 6.07) is 0. The summed E-state index contributed by atoms with van der Waals surface area (Å²) in [5.41, 5.74) is 0. The van der Waals surface area contributed by atoms with Gasteiger partial charge >= 0.3 is 17.9 Å². The SMILES string of the molecule is CC/C=C\C/C=C\C/C=C\C/C=C\CCCCCCCCCCCCC(=O)OCC(COC(=O)CCCCCCCCCCCC)OC(=O)CCCCCCCCCCCCCCCCCCCCC. The molecule has 0 aromatic rings. The number of rotatable bonds is 56. The molecule has 0 aliphatic heterocycles. The number of hydrogen-bond donors (Lipinski definition) is 0.